The van der Waals surface area contributed by atoms with Crippen LogP contribution in [0.5, 0.6) is 5.75 Å². The van der Waals surface area contributed by atoms with Gasteiger partial charge in [-0.2, -0.15) is 0 Å². The molecule has 1 heterocycles. The van der Waals surface area contributed by atoms with E-state index >= 15 is 0 Å². The Morgan fingerprint density at radius 3 is 2.95 bits per heavy atom. The zero-order valence-corrected chi connectivity index (χ0v) is 11.1. The average Bonchev–Trinajstić information content (AvgIpc) is 2.83. The molecule has 0 aliphatic carbocycles. The van der Waals surface area contributed by atoms with E-state index in [0.717, 1.165) is 18.9 Å². The number of phenolic OH excluding ortho intramolecular Hbond substituents is 1. The number of phenols is 1. The second-order valence-corrected chi connectivity index (χ2v) is 5.02. The molecule has 1 aliphatic heterocycles. The first-order valence-corrected chi connectivity index (χ1v) is 6.31. The number of benzene rings is 1. The van der Waals surface area contributed by atoms with Gasteiger partial charge in [-0.1, -0.05) is 6.07 Å². The number of ether oxygens (including phenoxy) is 1. The normalized spacial score (nSPS) is 21.6. The maximum absolute atomic E-state index is 12.0. The van der Waals surface area contributed by atoms with Gasteiger partial charge in [0.15, 0.2) is 0 Å². The zero-order chi connectivity index (χ0) is 14.8. The van der Waals surface area contributed by atoms with Gasteiger partial charge in [0, 0.05) is 19.2 Å². The summed E-state index contributed by atoms with van der Waals surface area (Å²) < 4.78 is 5.53. The number of nitro groups is 1. The van der Waals surface area contributed by atoms with Crippen LogP contribution in [0.25, 0.3) is 0 Å². The first kappa shape index (κ1) is 14.3. The van der Waals surface area contributed by atoms with Gasteiger partial charge in [0.1, 0.15) is 0 Å². The van der Waals surface area contributed by atoms with E-state index in [4.69, 9.17) is 4.74 Å². The van der Waals surface area contributed by atoms with Crippen LogP contribution in [0.15, 0.2) is 18.2 Å². The Hall–Kier alpha value is -2.15. The Balaban J connectivity index is 2.09. The van der Waals surface area contributed by atoms with Crippen LogP contribution in [-0.2, 0) is 4.74 Å². The molecule has 1 aromatic rings. The van der Waals surface area contributed by atoms with Crippen molar-refractivity contribution in [1.82, 2.24) is 5.32 Å². The Kier molecular flexibility index (Phi) is 3.89. The van der Waals surface area contributed by atoms with Crippen molar-refractivity contribution in [3.8, 4) is 5.75 Å². The fourth-order valence-corrected chi connectivity index (χ4v) is 2.20. The lowest BCUT2D eigenvalue weighted by Crippen LogP contribution is -2.40. The van der Waals surface area contributed by atoms with E-state index in [-0.39, 0.29) is 5.56 Å². The number of hydrogen-bond acceptors (Lipinski definition) is 5. The number of para-hydroxylation sites is 1. The Labute approximate surface area is 115 Å². The molecule has 0 aromatic heterocycles. The van der Waals surface area contributed by atoms with Gasteiger partial charge in [0.2, 0.25) is 5.75 Å². The Morgan fingerprint density at radius 2 is 2.35 bits per heavy atom. The summed E-state index contributed by atoms with van der Waals surface area (Å²) in [5.74, 6) is -1.17. The molecule has 1 fully saturated rings. The summed E-state index contributed by atoms with van der Waals surface area (Å²) in [6, 6.07) is 3.85. The van der Waals surface area contributed by atoms with E-state index in [9.17, 15) is 20.0 Å². The standard InChI is InChI=1S/C13H16N2O5/c1-13(6-3-7-20-13)8-14-12(17)9-4-2-5-10(11(9)16)15(18)19/h2,4-5,16H,3,6-8H2,1H3,(H,14,17)/t13-/m1/s1. The number of amides is 1. The van der Waals surface area contributed by atoms with Crippen molar-refractivity contribution >= 4 is 11.6 Å². The summed E-state index contributed by atoms with van der Waals surface area (Å²) in [4.78, 5) is 22.0. The fraction of sp³-hybridized carbons (Fsp3) is 0.462. The molecule has 0 unspecified atom stereocenters. The number of hydrogen-bond donors (Lipinski definition) is 2. The maximum Gasteiger partial charge on any atom is 0.311 e. The van der Waals surface area contributed by atoms with Crippen molar-refractivity contribution in [2.24, 2.45) is 0 Å². The molecule has 1 atom stereocenters. The summed E-state index contributed by atoms with van der Waals surface area (Å²) >= 11 is 0. The molecule has 0 radical (unpaired) electrons. The van der Waals surface area contributed by atoms with Gasteiger partial charge in [-0.05, 0) is 25.8 Å². The monoisotopic (exact) mass is 280 g/mol. The van der Waals surface area contributed by atoms with Crippen LogP contribution < -0.4 is 5.32 Å². The third-order valence-electron chi connectivity index (χ3n) is 3.38. The second-order valence-electron chi connectivity index (χ2n) is 5.02. The van der Waals surface area contributed by atoms with Gasteiger partial charge in [-0.3, -0.25) is 14.9 Å². The van der Waals surface area contributed by atoms with Crippen molar-refractivity contribution in [2.45, 2.75) is 25.4 Å². The molecule has 0 saturated carbocycles. The Bertz CT molecular complexity index is 538. The second kappa shape index (κ2) is 5.46. The average molecular weight is 280 g/mol. The number of rotatable bonds is 4. The summed E-state index contributed by atoms with van der Waals surface area (Å²) in [7, 11) is 0. The van der Waals surface area contributed by atoms with E-state index in [1.807, 2.05) is 6.92 Å². The van der Waals surface area contributed by atoms with Gasteiger partial charge in [0.25, 0.3) is 5.91 Å². The van der Waals surface area contributed by atoms with Gasteiger partial charge in [0.05, 0.1) is 16.1 Å². The SMILES string of the molecule is C[C@]1(CNC(=O)c2cccc([N+](=O)[O-])c2O)CCCO1. The lowest BCUT2D eigenvalue weighted by Gasteiger charge is -2.23. The number of aromatic hydroxyl groups is 1. The van der Waals surface area contributed by atoms with Crippen molar-refractivity contribution in [3.05, 3.63) is 33.9 Å². The molecule has 20 heavy (non-hydrogen) atoms. The van der Waals surface area contributed by atoms with E-state index in [1.165, 1.54) is 12.1 Å². The number of carbonyl (C=O) groups is 1. The molecule has 2 rings (SSSR count). The highest BCUT2D eigenvalue weighted by atomic mass is 16.6. The molecule has 1 aromatic carbocycles. The molecule has 0 bridgehead atoms. The zero-order valence-electron chi connectivity index (χ0n) is 11.1. The predicted molar refractivity (Wildman–Crippen MR) is 70.7 cm³/mol. The predicted octanol–water partition coefficient (Wildman–Crippen LogP) is 1.60. The molecule has 7 heteroatoms. The number of nitrogens with one attached hydrogen (secondary N) is 1. The van der Waals surface area contributed by atoms with Gasteiger partial charge >= 0.3 is 5.69 Å². The quantitative estimate of drug-likeness (QED) is 0.644. The summed E-state index contributed by atoms with van der Waals surface area (Å²) in [5.41, 5.74) is -1.01. The number of nitro benzene ring substituents is 1. The Morgan fingerprint density at radius 1 is 1.60 bits per heavy atom. The fourth-order valence-electron chi connectivity index (χ4n) is 2.20. The highest BCUT2D eigenvalue weighted by molar-refractivity contribution is 5.98. The van der Waals surface area contributed by atoms with E-state index in [2.05, 4.69) is 5.32 Å². The van der Waals surface area contributed by atoms with Crippen LogP contribution in [0.3, 0.4) is 0 Å². The molecule has 1 amide bonds. The molecule has 7 nitrogen and oxygen atoms in total. The molecule has 1 saturated heterocycles. The first-order chi connectivity index (χ1) is 9.43. The van der Waals surface area contributed by atoms with E-state index < -0.39 is 27.9 Å². The molecule has 0 spiro atoms. The lowest BCUT2D eigenvalue weighted by atomic mass is 10.0. The van der Waals surface area contributed by atoms with Crippen LogP contribution in [0.4, 0.5) is 5.69 Å². The summed E-state index contributed by atoms with van der Waals surface area (Å²) in [6.45, 7) is 2.86. The summed E-state index contributed by atoms with van der Waals surface area (Å²) in [6.07, 6.45) is 1.78. The molecule has 2 N–H and O–H groups in total. The minimum Gasteiger partial charge on any atom is -0.502 e. The van der Waals surface area contributed by atoms with Crippen LogP contribution in [0, 0.1) is 10.1 Å². The maximum atomic E-state index is 12.0. The van der Waals surface area contributed by atoms with Crippen molar-refractivity contribution < 1.29 is 19.6 Å². The van der Waals surface area contributed by atoms with Gasteiger partial charge in [-0.15, -0.1) is 0 Å². The molecular weight excluding hydrogens is 264 g/mol. The minimum atomic E-state index is -0.729. The highest BCUT2D eigenvalue weighted by Gasteiger charge is 2.30. The lowest BCUT2D eigenvalue weighted by molar-refractivity contribution is -0.385. The van der Waals surface area contributed by atoms with Crippen molar-refractivity contribution in [3.63, 3.8) is 0 Å². The third-order valence-corrected chi connectivity index (χ3v) is 3.38. The van der Waals surface area contributed by atoms with E-state index in [1.54, 1.807) is 0 Å². The van der Waals surface area contributed by atoms with Gasteiger partial charge < -0.3 is 15.2 Å². The molecule has 1 aliphatic rings. The van der Waals surface area contributed by atoms with Crippen LogP contribution in [0.2, 0.25) is 0 Å². The largest absolute Gasteiger partial charge is 0.502 e. The van der Waals surface area contributed by atoms with Crippen LogP contribution >= 0.6 is 0 Å². The number of nitrogens with zero attached hydrogens (tertiary/aromatic N) is 1. The topological polar surface area (TPSA) is 102 Å². The van der Waals surface area contributed by atoms with Crippen molar-refractivity contribution in [2.75, 3.05) is 13.2 Å². The highest BCUT2D eigenvalue weighted by Crippen LogP contribution is 2.29. The summed E-state index contributed by atoms with van der Waals surface area (Å²) in [5, 5.41) is 23.1. The number of carbonyl (C=O) groups excluding carboxylic acids is 1. The first-order valence-electron chi connectivity index (χ1n) is 6.31. The van der Waals surface area contributed by atoms with E-state index in [0.29, 0.717) is 13.2 Å². The van der Waals surface area contributed by atoms with Crippen LogP contribution in [0.1, 0.15) is 30.1 Å². The smallest absolute Gasteiger partial charge is 0.311 e. The molecule has 108 valence electrons. The van der Waals surface area contributed by atoms with Gasteiger partial charge in [-0.25, -0.2) is 0 Å². The van der Waals surface area contributed by atoms with Crippen LogP contribution in [-0.4, -0.2) is 34.7 Å². The third kappa shape index (κ3) is 2.88. The minimum absolute atomic E-state index is 0.110. The molecular formula is C13H16N2O5. The van der Waals surface area contributed by atoms with Crippen molar-refractivity contribution in [1.29, 1.82) is 0 Å².